The molecule has 4 heteroatoms. The quantitative estimate of drug-likeness (QED) is 0.285. The van der Waals surface area contributed by atoms with Gasteiger partial charge < -0.3 is 0 Å². The van der Waals surface area contributed by atoms with Gasteiger partial charge in [0.1, 0.15) is 19.8 Å². The van der Waals surface area contributed by atoms with Gasteiger partial charge in [-0.05, 0) is 27.2 Å². The van der Waals surface area contributed by atoms with Crippen LogP contribution in [0.2, 0.25) is 0 Å². The molecule has 0 spiro atoms. The molecule has 0 aliphatic heterocycles. The second-order valence-corrected chi connectivity index (χ2v) is 4.36. The van der Waals surface area contributed by atoms with E-state index in [1.807, 2.05) is 20.8 Å². The predicted molar refractivity (Wildman–Crippen MR) is 73.4 cm³/mol. The molecule has 0 aromatic rings. The summed E-state index contributed by atoms with van der Waals surface area (Å²) in [4.78, 5) is 16.8. The van der Waals surface area contributed by atoms with Crippen molar-refractivity contribution < 1.29 is 19.5 Å². The van der Waals surface area contributed by atoms with E-state index in [-0.39, 0.29) is 4.97 Å². The molecule has 0 saturated heterocycles. The average Bonchev–Trinajstić information content (AvgIpc) is 2.35. The third-order valence-electron chi connectivity index (χ3n) is 2.76. The summed E-state index contributed by atoms with van der Waals surface area (Å²) in [6.07, 6.45) is 7.53. The summed E-state index contributed by atoms with van der Waals surface area (Å²) in [6, 6.07) is 0. The highest BCUT2D eigenvalue weighted by atomic mass is 17.2. The van der Waals surface area contributed by atoms with Crippen LogP contribution in [-0.4, -0.2) is 31.3 Å². The average molecular weight is 262 g/mol. The molecule has 110 valence electrons. The maximum Gasteiger partial charge on any atom is 0.178 e. The number of hydroxylamine groups is 3. The molecule has 4 nitrogen and oxygen atoms in total. The molecule has 0 aromatic carbocycles. The van der Waals surface area contributed by atoms with Crippen LogP contribution in [0.25, 0.3) is 0 Å². The van der Waals surface area contributed by atoms with Crippen molar-refractivity contribution in [2.24, 2.45) is 0 Å². The van der Waals surface area contributed by atoms with E-state index in [1.54, 1.807) is 0 Å². The molecule has 0 atom stereocenters. The lowest BCUT2D eigenvalue weighted by atomic mass is 10.1. The molecule has 0 unspecified atom stereocenters. The molecule has 0 fully saturated rings. The van der Waals surface area contributed by atoms with E-state index in [1.165, 1.54) is 32.1 Å². The molecule has 0 aliphatic carbocycles. The van der Waals surface area contributed by atoms with Crippen LogP contribution in [0.3, 0.4) is 0 Å². The lowest BCUT2D eigenvalue weighted by molar-refractivity contribution is -1.37. The molecule has 0 bridgehead atoms. The van der Waals surface area contributed by atoms with Crippen LogP contribution in [-0.2, 0) is 14.5 Å². The fraction of sp³-hybridized carbons (Fsp3) is 1.00. The van der Waals surface area contributed by atoms with Gasteiger partial charge in [-0.25, -0.2) is 0 Å². The third kappa shape index (κ3) is 8.03. The van der Waals surface area contributed by atoms with E-state index in [0.29, 0.717) is 19.8 Å². The number of hydrogen-bond donors (Lipinski definition) is 0. The Balaban J connectivity index is 3.97. The van der Waals surface area contributed by atoms with Gasteiger partial charge in [0.25, 0.3) is 0 Å². The molecule has 0 saturated carbocycles. The fourth-order valence-corrected chi connectivity index (χ4v) is 1.98. The van der Waals surface area contributed by atoms with E-state index in [2.05, 4.69) is 6.92 Å². The predicted octanol–water partition coefficient (Wildman–Crippen LogP) is 4.02. The first-order valence-corrected chi connectivity index (χ1v) is 7.56. The number of nitrogens with zero attached hydrogens (tertiary/aromatic N) is 1. The van der Waals surface area contributed by atoms with Gasteiger partial charge in [-0.2, -0.15) is 0 Å². The first-order chi connectivity index (χ1) is 8.74. The Bertz CT molecular complexity index is 159. The van der Waals surface area contributed by atoms with Crippen LogP contribution in [0.1, 0.15) is 66.2 Å². The zero-order chi connectivity index (χ0) is 13.7. The number of hydrogen-bond acceptors (Lipinski definition) is 3. The van der Waals surface area contributed by atoms with Crippen molar-refractivity contribution in [3.63, 3.8) is 0 Å². The van der Waals surface area contributed by atoms with Gasteiger partial charge in [-0.3, -0.25) is 0 Å². The topological polar surface area (TPSA) is 27.7 Å². The molecule has 0 N–H and O–H groups in total. The van der Waals surface area contributed by atoms with Crippen molar-refractivity contribution in [3.8, 4) is 0 Å². The molecule has 18 heavy (non-hydrogen) atoms. The van der Waals surface area contributed by atoms with Crippen LogP contribution in [0.5, 0.6) is 0 Å². The molecule has 0 heterocycles. The Morgan fingerprint density at radius 3 is 1.50 bits per heavy atom. The number of quaternary nitrogens is 1. The highest BCUT2D eigenvalue weighted by molar-refractivity contribution is 4.42. The maximum atomic E-state index is 5.63. The first-order valence-electron chi connectivity index (χ1n) is 7.56. The van der Waals surface area contributed by atoms with Crippen molar-refractivity contribution >= 4 is 0 Å². The van der Waals surface area contributed by atoms with Gasteiger partial charge in [0.05, 0.1) is 4.97 Å². The van der Waals surface area contributed by atoms with E-state index in [4.69, 9.17) is 14.5 Å². The molecular weight excluding hydrogens is 230 g/mol. The lowest BCUT2D eigenvalue weighted by Gasteiger charge is -2.28. The second-order valence-electron chi connectivity index (χ2n) is 4.36. The van der Waals surface area contributed by atoms with E-state index in [9.17, 15) is 0 Å². The van der Waals surface area contributed by atoms with Gasteiger partial charge >= 0.3 is 0 Å². The Hall–Kier alpha value is -0.160. The molecular formula is C14H32NO3+. The van der Waals surface area contributed by atoms with Crippen LogP contribution in [0.15, 0.2) is 0 Å². The first kappa shape index (κ1) is 17.8. The lowest BCUT2D eigenvalue weighted by Crippen LogP contribution is -2.48. The normalized spacial score (nSPS) is 12.0. The molecule has 0 amide bonds. The van der Waals surface area contributed by atoms with Crippen molar-refractivity contribution in [1.82, 2.24) is 0 Å². The molecule has 0 aliphatic rings. The smallest absolute Gasteiger partial charge is 0.132 e. The maximum absolute atomic E-state index is 5.63. The zero-order valence-corrected chi connectivity index (χ0v) is 12.7. The SMILES string of the molecule is CCCCCCCC[N+](OCC)(OCC)OCC. The number of rotatable bonds is 13. The van der Waals surface area contributed by atoms with Crippen LogP contribution < -0.4 is 0 Å². The second kappa shape index (κ2) is 11.9. The molecule has 0 radical (unpaired) electrons. The van der Waals surface area contributed by atoms with Gasteiger partial charge in [0.15, 0.2) is 6.54 Å². The van der Waals surface area contributed by atoms with Gasteiger partial charge in [0.2, 0.25) is 0 Å². The summed E-state index contributed by atoms with van der Waals surface area (Å²) in [6.45, 7) is 10.7. The summed E-state index contributed by atoms with van der Waals surface area (Å²) in [5.41, 5.74) is 0. The van der Waals surface area contributed by atoms with Crippen LogP contribution in [0.4, 0.5) is 0 Å². The summed E-state index contributed by atoms with van der Waals surface area (Å²) >= 11 is 0. The number of unbranched alkanes of at least 4 members (excludes halogenated alkanes) is 5. The van der Waals surface area contributed by atoms with Crippen molar-refractivity contribution in [2.45, 2.75) is 66.2 Å². The standard InChI is InChI=1S/C14H32NO3/c1-5-9-10-11-12-13-14-15(16-6-2,17-7-3)18-8-4/h5-14H2,1-4H3/q+1. The van der Waals surface area contributed by atoms with Gasteiger partial charge in [0, 0.05) is 6.42 Å². The molecule has 0 aromatic heterocycles. The van der Waals surface area contributed by atoms with Gasteiger partial charge in [-0.1, -0.05) is 32.6 Å². The highest BCUT2D eigenvalue weighted by Crippen LogP contribution is 2.15. The summed E-state index contributed by atoms with van der Waals surface area (Å²) < 4.78 is 0. The van der Waals surface area contributed by atoms with Crippen molar-refractivity contribution in [1.29, 1.82) is 0 Å². The largest absolute Gasteiger partial charge is 0.178 e. The fourth-order valence-electron chi connectivity index (χ4n) is 1.98. The summed E-state index contributed by atoms with van der Waals surface area (Å²) in [5.74, 6) is 0. The Morgan fingerprint density at radius 2 is 1.06 bits per heavy atom. The van der Waals surface area contributed by atoms with Crippen LogP contribution in [0, 0.1) is 0 Å². The minimum atomic E-state index is -0.0999. The Kier molecular flexibility index (Phi) is 11.8. The monoisotopic (exact) mass is 262 g/mol. The minimum Gasteiger partial charge on any atom is -0.132 e. The minimum absolute atomic E-state index is 0.0999. The molecule has 0 rings (SSSR count). The van der Waals surface area contributed by atoms with Gasteiger partial charge in [-0.15, -0.1) is 14.5 Å². The zero-order valence-electron chi connectivity index (χ0n) is 12.7. The van der Waals surface area contributed by atoms with Crippen molar-refractivity contribution in [3.05, 3.63) is 0 Å². The Morgan fingerprint density at radius 1 is 0.611 bits per heavy atom. The van der Waals surface area contributed by atoms with E-state index >= 15 is 0 Å². The van der Waals surface area contributed by atoms with Crippen molar-refractivity contribution in [2.75, 3.05) is 26.4 Å². The van der Waals surface area contributed by atoms with Crippen LogP contribution >= 0.6 is 0 Å². The van der Waals surface area contributed by atoms with E-state index in [0.717, 1.165) is 13.0 Å². The summed E-state index contributed by atoms with van der Waals surface area (Å²) in [5, 5.41) is 0. The summed E-state index contributed by atoms with van der Waals surface area (Å²) in [7, 11) is 0. The third-order valence-corrected chi connectivity index (χ3v) is 2.76. The Labute approximate surface area is 113 Å². The highest BCUT2D eigenvalue weighted by Gasteiger charge is 2.33. The van der Waals surface area contributed by atoms with E-state index < -0.39 is 0 Å².